The van der Waals surface area contributed by atoms with Crippen molar-refractivity contribution >= 4 is 11.8 Å². The third kappa shape index (κ3) is 5.32. The smallest absolute Gasteiger partial charge is 0.253 e. The lowest BCUT2D eigenvalue weighted by atomic mass is 9.92. The summed E-state index contributed by atoms with van der Waals surface area (Å²) in [7, 11) is 0. The van der Waals surface area contributed by atoms with Gasteiger partial charge in [0.15, 0.2) is 11.5 Å². The number of carbonyl (C=O) groups is 2. The molecule has 0 aromatic heterocycles. The Labute approximate surface area is 185 Å². The number of nitrogens with zero attached hydrogens (tertiary/aromatic N) is 2. The Morgan fingerprint density at radius 1 is 1.03 bits per heavy atom. The van der Waals surface area contributed by atoms with E-state index < -0.39 is 0 Å². The molecule has 3 aliphatic heterocycles. The van der Waals surface area contributed by atoms with Crippen LogP contribution < -0.4 is 14.8 Å². The summed E-state index contributed by atoms with van der Waals surface area (Å²) in [4.78, 5) is 29.8. The van der Waals surface area contributed by atoms with Crippen LogP contribution in [-0.4, -0.2) is 67.2 Å². The second kappa shape index (κ2) is 9.90. The Morgan fingerprint density at radius 2 is 1.74 bits per heavy atom. The first kappa shape index (κ1) is 21.9. The van der Waals surface area contributed by atoms with E-state index in [2.05, 4.69) is 24.1 Å². The molecule has 3 aliphatic rings. The number of carbonyl (C=O) groups excluding carboxylic acids is 2. The molecule has 170 valence electrons. The Balaban J connectivity index is 1.21. The minimum absolute atomic E-state index is 0.0635. The summed E-state index contributed by atoms with van der Waals surface area (Å²) in [5.41, 5.74) is 0.659. The first-order valence-corrected chi connectivity index (χ1v) is 11.7. The number of rotatable bonds is 6. The zero-order valence-corrected chi connectivity index (χ0v) is 18.8. The van der Waals surface area contributed by atoms with Gasteiger partial charge in [0.2, 0.25) is 12.7 Å². The molecule has 0 unspecified atom stereocenters. The number of nitrogens with one attached hydrogen (secondary N) is 1. The average Bonchev–Trinajstić information content (AvgIpc) is 3.26. The molecule has 0 spiro atoms. The van der Waals surface area contributed by atoms with E-state index in [0.29, 0.717) is 29.0 Å². The summed E-state index contributed by atoms with van der Waals surface area (Å²) in [6.07, 6.45) is 4.88. The van der Waals surface area contributed by atoms with Gasteiger partial charge in [-0.3, -0.25) is 9.59 Å². The molecule has 2 amide bonds. The summed E-state index contributed by atoms with van der Waals surface area (Å²) >= 11 is 0. The van der Waals surface area contributed by atoms with E-state index in [1.807, 2.05) is 17.0 Å². The minimum atomic E-state index is 0.0635. The highest BCUT2D eigenvalue weighted by atomic mass is 16.7. The second-order valence-electron chi connectivity index (χ2n) is 9.38. The predicted octanol–water partition coefficient (Wildman–Crippen LogP) is 2.89. The second-order valence-corrected chi connectivity index (χ2v) is 9.38. The van der Waals surface area contributed by atoms with Crippen molar-refractivity contribution in [3.8, 4) is 11.5 Å². The predicted molar refractivity (Wildman–Crippen MR) is 118 cm³/mol. The van der Waals surface area contributed by atoms with Crippen LogP contribution in [0.4, 0.5) is 0 Å². The summed E-state index contributed by atoms with van der Waals surface area (Å²) in [5, 5.41) is 3.11. The zero-order chi connectivity index (χ0) is 21.8. The standard InChI is InChI=1S/C24H35N3O4/c1-17(2)5-10-25-23(28)18-6-11-26(12-7-18)20-8-13-27(14-9-20)24(29)19-3-4-21-22(15-19)31-16-30-21/h3-4,15,17-18,20H,5-14,16H2,1-2H3,(H,25,28). The number of hydrogen-bond donors (Lipinski definition) is 1. The molecule has 3 heterocycles. The van der Waals surface area contributed by atoms with Crippen LogP contribution in [0.25, 0.3) is 0 Å². The largest absolute Gasteiger partial charge is 0.454 e. The van der Waals surface area contributed by atoms with Gasteiger partial charge in [-0.15, -0.1) is 0 Å². The van der Waals surface area contributed by atoms with Crippen molar-refractivity contribution in [2.24, 2.45) is 11.8 Å². The van der Waals surface area contributed by atoms with Gasteiger partial charge in [0.25, 0.3) is 5.91 Å². The highest BCUT2D eigenvalue weighted by molar-refractivity contribution is 5.95. The van der Waals surface area contributed by atoms with Crippen LogP contribution in [0.5, 0.6) is 11.5 Å². The van der Waals surface area contributed by atoms with Gasteiger partial charge in [0, 0.05) is 37.2 Å². The highest BCUT2D eigenvalue weighted by Crippen LogP contribution is 2.33. The molecular formula is C24H35N3O4. The molecule has 2 saturated heterocycles. The SMILES string of the molecule is CC(C)CCNC(=O)C1CCN(C2CCN(C(=O)c3ccc4c(c3)OCO4)CC2)CC1. The quantitative estimate of drug-likeness (QED) is 0.753. The maximum absolute atomic E-state index is 12.9. The van der Waals surface area contributed by atoms with E-state index in [-0.39, 0.29) is 24.5 Å². The Kier molecular flexibility index (Phi) is 7.00. The lowest BCUT2D eigenvalue weighted by molar-refractivity contribution is -0.126. The number of ether oxygens (including phenoxy) is 2. The van der Waals surface area contributed by atoms with Crippen molar-refractivity contribution in [2.75, 3.05) is 39.5 Å². The van der Waals surface area contributed by atoms with Crippen molar-refractivity contribution in [1.82, 2.24) is 15.1 Å². The Morgan fingerprint density at radius 3 is 2.45 bits per heavy atom. The van der Waals surface area contributed by atoms with E-state index in [1.165, 1.54) is 0 Å². The molecule has 0 bridgehead atoms. The van der Waals surface area contributed by atoms with Crippen LogP contribution >= 0.6 is 0 Å². The lowest BCUT2D eigenvalue weighted by Crippen LogP contribution is -2.50. The molecule has 0 radical (unpaired) electrons. The molecule has 4 rings (SSSR count). The van der Waals surface area contributed by atoms with Gasteiger partial charge in [-0.25, -0.2) is 0 Å². The van der Waals surface area contributed by atoms with Gasteiger partial charge in [0.1, 0.15) is 0 Å². The molecular weight excluding hydrogens is 394 g/mol. The molecule has 31 heavy (non-hydrogen) atoms. The van der Waals surface area contributed by atoms with Crippen LogP contribution in [0.3, 0.4) is 0 Å². The summed E-state index contributed by atoms with van der Waals surface area (Å²) in [5.74, 6) is 2.41. The maximum Gasteiger partial charge on any atom is 0.253 e. The van der Waals surface area contributed by atoms with E-state index in [0.717, 1.165) is 64.8 Å². The Hall–Kier alpha value is -2.28. The number of piperidine rings is 2. The van der Waals surface area contributed by atoms with Crippen LogP contribution in [0, 0.1) is 11.8 Å². The number of hydrogen-bond acceptors (Lipinski definition) is 5. The monoisotopic (exact) mass is 429 g/mol. The molecule has 0 saturated carbocycles. The van der Waals surface area contributed by atoms with E-state index >= 15 is 0 Å². The van der Waals surface area contributed by atoms with Crippen LogP contribution in [0.1, 0.15) is 56.3 Å². The molecule has 7 nitrogen and oxygen atoms in total. The van der Waals surface area contributed by atoms with Gasteiger partial charge in [-0.05, 0) is 69.3 Å². The molecule has 1 aromatic rings. The lowest BCUT2D eigenvalue weighted by Gasteiger charge is -2.41. The van der Waals surface area contributed by atoms with Gasteiger partial charge in [-0.2, -0.15) is 0 Å². The molecule has 0 atom stereocenters. The van der Waals surface area contributed by atoms with E-state index in [4.69, 9.17) is 9.47 Å². The van der Waals surface area contributed by atoms with Crippen molar-refractivity contribution < 1.29 is 19.1 Å². The normalized spacial score (nSPS) is 20.3. The fourth-order valence-electron chi connectivity index (χ4n) is 4.80. The fourth-order valence-corrected chi connectivity index (χ4v) is 4.80. The third-order valence-electron chi connectivity index (χ3n) is 6.81. The number of likely N-dealkylation sites (tertiary alicyclic amines) is 2. The van der Waals surface area contributed by atoms with Gasteiger partial charge in [0.05, 0.1) is 0 Å². The van der Waals surface area contributed by atoms with Crippen molar-refractivity contribution in [2.45, 2.75) is 52.0 Å². The van der Waals surface area contributed by atoms with Crippen molar-refractivity contribution in [1.29, 1.82) is 0 Å². The Bertz CT molecular complexity index is 781. The van der Waals surface area contributed by atoms with E-state index in [1.54, 1.807) is 6.07 Å². The molecule has 2 fully saturated rings. The number of benzene rings is 1. The minimum Gasteiger partial charge on any atom is -0.454 e. The average molecular weight is 430 g/mol. The van der Waals surface area contributed by atoms with Crippen LogP contribution in [0.15, 0.2) is 18.2 Å². The van der Waals surface area contributed by atoms with Gasteiger partial charge < -0.3 is 24.6 Å². The highest BCUT2D eigenvalue weighted by Gasteiger charge is 2.32. The fraction of sp³-hybridized carbons (Fsp3) is 0.667. The summed E-state index contributed by atoms with van der Waals surface area (Å²) in [6.45, 7) is 8.85. The molecule has 0 aliphatic carbocycles. The van der Waals surface area contributed by atoms with Crippen LogP contribution in [-0.2, 0) is 4.79 Å². The maximum atomic E-state index is 12.9. The van der Waals surface area contributed by atoms with Gasteiger partial charge in [-0.1, -0.05) is 13.8 Å². The van der Waals surface area contributed by atoms with E-state index in [9.17, 15) is 9.59 Å². The first-order chi connectivity index (χ1) is 15.0. The topological polar surface area (TPSA) is 71.1 Å². The van der Waals surface area contributed by atoms with Crippen LogP contribution in [0.2, 0.25) is 0 Å². The third-order valence-corrected chi connectivity index (χ3v) is 6.81. The van der Waals surface area contributed by atoms with Gasteiger partial charge >= 0.3 is 0 Å². The summed E-state index contributed by atoms with van der Waals surface area (Å²) in [6, 6.07) is 5.92. The molecule has 1 aromatic carbocycles. The molecule has 7 heteroatoms. The van der Waals surface area contributed by atoms with Crippen molar-refractivity contribution in [3.63, 3.8) is 0 Å². The number of fused-ring (bicyclic) bond motifs is 1. The summed E-state index contributed by atoms with van der Waals surface area (Å²) < 4.78 is 10.7. The first-order valence-electron chi connectivity index (χ1n) is 11.7. The number of amides is 2. The van der Waals surface area contributed by atoms with Crippen molar-refractivity contribution in [3.05, 3.63) is 23.8 Å². The zero-order valence-electron chi connectivity index (χ0n) is 18.8. The molecule has 1 N–H and O–H groups in total.